The van der Waals surface area contributed by atoms with Gasteiger partial charge in [-0.15, -0.1) is 0 Å². The Morgan fingerprint density at radius 1 is 0.960 bits per heavy atom. The highest BCUT2D eigenvalue weighted by atomic mass is 127. The fraction of sp³-hybridized carbons (Fsp3) is 0.444. The molecular formula is C36H45IN10O2S. The molecule has 0 N–H and O–H groups in total. The molecule has 2 aromatic carbocycles. The van der Waals surface area contributed by atoms with Gasteiger partial charge in [0.2, 0.25) is 5.95 Å². The molecule has 2 saturated heterocycles. The first-order chi connectivity index (χ1) is 24.3. The molecule has 14 heteroatoms. The second-order valence-corrected chi connectivity index (χ2v) is 14.8. The largest absolute Gasteiger partial charge is 0.494 e. The minimum Gasteiger partial charge on any atom is -0.494 e. The van der Waals surface area contributed by atoms with Crippen LogP contribution < -0.4 is 22.0 Å². The molecule has 5 heterocycles. The van der Waals surface area contributed by atoms with Crippen LogP contribution in [0.15, 0.2) is 53.4 Å². The third-order valence-electron chi connectivity index (χ3n) is 10.1. The third-order valence-corrected chi connectivity index (χ3v) is 11.8. The maximum absolute atomic E-state index is 6.07. The van der Waals surface area contributed by atoms with Crippen molar-refractivity contribution in [1.82, 2.24) is 29.7 Å². The zero-order valence-electron chi connectivity index (χ0n) is 29.6. The molecule has 0 saturated carbocycles. The molecular weight excluding hydrogens is 763 g/mol. The molecule has 2 aliphatic heterocycles. The van der Waals surface area contributed by atoms with Crippen LogP contribution in [0.3, 0.4) is 0 Å². The average molecular weight is 809 g/mol. The number of aryl methyl sites for hydroxylation is 1. The lowest BCUT2D eigenvalue weighted by atomic mass is 9.99. The molecule has 3 aromatic heterocycles. The summed E-state index contributed by atoms with van der Waals surface area (Å²) in [7, 11) is 8.00. The number of halogens is 1. The predicted molar refractivity (Wildman–Crippen MR) is 214 cm³/mol. The van der Waals surface area contributed by atoms with E-state index in [2.05, 4.69) is 79.0 Å². The monoisotopic (exact) mass is 808 g/mol. The van der Waals surface area contributed by atoms with E-state index in [-0.39, 0.29) is 0 Å². The Morgan fingerprint density at radius 2 is 1.72 bits per heavy atom. The smallest absolute Gasteiger partial charge is 0.232 e. The average Bonchev–Trinajstić information content (AvgIpc) is 3.65. The molecule has 7 rings (SSSR count). The summed E-state index contributed by atoms with van der Waals surface area (Å²) >= 11 is 3.90. The van der Waals surface area contributed by atoms with E-state index in [1.807, 2.05) is 40.5 Å². The van der Waals surface area contributed by atoms with Crippen molar-refractivity contribution in [3.05, 3.63) is 54.6 Å². The summed E-state index contributed by atoms with van der Waals surface area (Å²) in [4.78, 5) is 29.0. The van der Waals surface area contributed by atoms with E-state index in [1.165, 1.54) is 37.2 Å². The van der Waals surface area contributed by atoms with Gasteiger partial charge in [-0.1, -0.05) is 18.9 Å². The molecule has 0 atom stereocenters. The van der Waals surface area contributed by atoms with Crippen molar-refractivity contribution < 1.29 is 9.15 Å². The van der Waals surface area contributed by atoms with Gasteiger partial charge in [0.15, 0.2) is 11.4 Å². The number of hydrogen-bond acceptors (Lipinski definition) is 13. The van der Waals surface area contributed by atoms with E-state index in [4.69, 9.17) is 24.1 Å². The van der Waals surface area contributed by atoms with Gasteiger partial charge in [0.25, 0.3) is 0 Å². The van der Waals surface area contributed by atoms with E-state index < -0.39 is 0 Å². The molecule has 2 fully saturated rings. The first-order valence-corrected chi connectivity index (χ1v) is 19.3. The Kier molecular flexibility index (Phi) is 10.4. The van der Waals surface area contributed by atoms with Crippen molar-refractivity contribution in [1.29, 1.82) is 0 Å². The fourth-order valence-corrected chi connectivity index (χ4v) is 8.25. The summed E-state index contributed by atoms with van der Waals surface area (Å²) in [6, 6.07) is 11.0. The Morgan fingerprint density at radius 3 is 2.44 bits per heavy atom. The van der Waals surface area contributed by atoms with Gasteiger partial charge in [-0.3, -0.25) is 18.0 Å². The van der Waals surface area contributed by atoms with E-state index in [9.17, 15) is 0 Å². The highest BCUT2D eigenvalue weighted by Crippen LogP contribution is 2.45. The number of furan rings is 1. The standard InChI is InChI=1S/C36H45IN10O2S/c1-7-24-22-30(31(48-5)23-29(24)46-15-10-25(11-16-46)45-19-17-42(2)18-20-45)43(3)36-40-27-12-21-49-34(27)35(41-36)47(37)28-9-8-26-32(39-14-13-38-26)33(28)44(4)50-6/h8-9,12-14,21-23,25H,7,10-11,15-20H2,1-6H3. The molecule has 2 aliphatic rings. The Bertz CT molecular complexity index is 1960. The van der Waals surface area contributed by atoms with Gasteiger partial charge in [0, 0.05) is 95.9 Å². The molecule has 0 spiro atoms. The topological polar surface area (TPSA) is 93.4 Å². The molecule has 0 bridgehead atoms. The molecule has 0 aliphatic carbocycles. The quantitative estimate of drug-likeness (QED) is 0.0832. The number of nitrogens with zero attached hydrogens (tertiary/aromatic N) is 10. The van der Waals surface area contributed by atoms with Crippen LogP contribution in [0.4, 0.5) is 34.5 Å². The lowest BCUT2D eigenvalue weighted by Gasteiger charge is -2.43. The minimum absolute atomic E-state index is 0.539. The summed E-state index contributed by atoms with van der Waals surface area (Å²) in [5, 5.41) is 0. The van der Waals surface area contributed by atoms with Crippen LogP contribution in [0, 0.1) is 0 Å². The van der Waals surface area contributed by atoms with E-state index >= 15 is 0 Å². The Hall–Kier alpha value is -3.60. The normalized spacial score (nSPS) is 16.3. The molecule has 0 amide bonds. The van der Waals surface area contributed by atoms with E-state index in [1.54, 1.807) is 37.7 Å². The zero-order chi connectivity index (χ0) is 34.9. The van der Waals surface area contributed by atoms with Gasteiger partial charge < -0.3 is 28.2 Å². The van der Waals surface area contributed by atoms with E-state index in [0.29, 0.717) is 28.9 Å². The van der Waals surface area contributed by atoms with Crippen LogP contribution >= 0.6 is 34.8 Å². The number of hydrogen-bond donors (Lipinski definition) is 0. The van der Waals surface area contributed by atoms with Crippen molar-refractivity contribution in [2.45, 2.75) is 32.2 Å². The van der Waals surface area contributed by atoms with Gasteiger partial charge in [-0.25, -0.2) is 4.98 Å². The van der Waals surface area contributed by atoms with Crippen LogP contribution in [0.2, 0.25) is 0 Å². The number of piperazine rings is 1. The Balaban J connectivity index is 1.21. The number of anilines is 6. The molecule has 50 heavy (non-hydrogen) atoms. The number of benzene rings is 2. The van der Waals surface area contributed by atoms with Crippen molar-refractivity contribution in [2.24, 2.45) is 0 Å². The lowest BCUT2D eigenvalue weighted by Crippen LogP contribution is -2.52. The second kappa shape index (κ2) is 14.9. The van der Waals surface area contributed by atoms with Crippen LogP contribution in [-0.4, -0.2) is 110 Å². The SMILES string of the molecule is CCc1cc(N(C)c2nc(N(I)c3ccc4nccnc4c3N(C)SC)c3occc3n2)c(OC)cc1N1CCC(N2CCN(C)CC2)CC1. The molecule has 0 radical (unpaired) electrons. The number of aromatic nitrogens is 4. The lowest BCUT2D eigenvalue weighted by molar-refractivity contribution is 0.0982. The number of ether oxygens (including phenoxy) is 1. The molecule has 0 unspecified atom stereocenters. The second-order valence-electron chi connectivity index (χ2n) is 12.9. The number of methoxy groups -OCH3 is 1. The summed E-state index contributed by atoms with van der Waals surface area (Å²) in [5.74, 6) is 1.97. The van der Waals surface area contributed by atoms with E-state index in [0.717, 1.165) is 66.4 Å². The maximum Gasteiger partial charge on any atom is 0.232 e. The van der Waals surface area contributed by atoms with Crippen molar-refractivity contribution in [3.63, 3.8) is 0 Å². The predicted octanol–water partition coefficient (Wildman–Crippen LogP) is 6.92. The van der Waals surface area contributed by atoms with Crippen molar-refractivity contribution in [3.8, 4) is 5.75 Å². The molecule has 5 aromatic rings. The highest BCUT2D eigenvalue weighted by molar-refractivity contribution is 14.1. The van der Waals surface area contributed by atoms with Gasteiger partial charge in [-0.2, -0.15) is 4.98 Å². The van der Waals surface area contributed by atoms with Gasteiger partial charge in [-0.05, 0) is 50.1 Å². The minimum atomic E-state index is 0.539. The third kappa shape index (κ3) is 6.62. The fourth-order valence-electron chi connectivity index (χ4n) is 7.18. The maximum atomic E-state index is 6.07. The first-order valence-electron chi connectivity index (χ1n) is 17.2. The first kappa shape index (κ1) is 34.8. The van der Waals surface area contributed by atoms with Crippen molar-refractivity contribution >= 4 is 91.5 Å². The van der Waals surface area contributed by atoms with Crippen molar-refractivity contribution in [2.75, 3.05) is 91.0 Å². The zero-order valence-corrected chi connectivity index (χ0v) is 32.6. The number of fused-ring (bicyclic) bond motifs is 2. The summed E-state index contributed by atoms with van der Waals surface area (Å²) in [5.41, 5.74) is 8.25. The number of piperidine rings is 1. The van der Waals surface area contributed by atoms with Gasteiger partial charge in [0.1, 0.15) is 16.8 Å². The number of rotatable bonds is 10. The summed E-state index contributed by atoms with van der Waals surface area (Å²) < 4.78 is 16.2. The number of likely N-dealkylation sites (N-methyl/N-ethyl adjacent to an activating group) is 1. The highest BCUT2D eigenvalue weighted by Gasteiger charge is 2.29. The molecule has 264 valence electrons. The summed E-state index contributed by atoms with van der Waals surface area (Å²) in [6.45, 7) is 8.99. The van der Waals surface area contributed by atoms with Gasteiger partial charge >= 0.3 is 0 Å². The Labute approximate surface area is 312 Å². The van der Waals surface area contributed by atoms with Gasteiger partial charge in [0.05, 0.1) is 58.8 Å². The summed E-state index contributed by atoms with van der Waals surface area (Å²) in [6.07, 6.45) is 10.4. The molecule has 12 nitrogen and oxygen atoms in total. The van der Waals surface area contributed by atoms with Crippen LogP contribution in [0.5, 0.6) is 5.75 Å². The van der Waals surface area contributed by atoms with Crippen LogP contribution in [0.1, 0.15) is 25.3 Å². The van der Waals surface area contributed by atoms with Crippen LogP contribution in [-0.2, 0) is 6.42 Å². The van der Waals surface area contributed by atoms with Crippen LogP contribution in [0.25, 0.3) is 22.1 Å².